The molecule has 1 aliphatic heterocycles. The van der Waals surface area contributed by atoms with Crippen LogP contribution in [0.5, 0.6) is 5.75 Å². The van der Waals surface area contributed by atoms with Crippen LogP contribution in [0.15, 0.2) is 42.5 Å². The van der Waals surface area contributed by atoms with Crippen LogP contribution >= 0.6 is 0 Å². The number of carbonyl (C=O) groups excluding carboxylic acids is 2. The van der Waals surface area contributed by atoms with Gasteiger partial charge >= 0.3 is 0 Å². The normalized spacial score (nSPS) is 14.1. The molecule has 148 valence electrons. The Hall–Kier alpha value is -2.96. The SMILES string of the molecule is COc1ccc(CCC(=O)N2CCN(C(=O)c3ccc(F)c(F)c3)CC2)cc1. The first-order valence-electron chi connectivity index (χ1n) is 9.13. The third kappa shape index (κ3) is 4.65. The molecule has 2 amide bonds. The molecule has 0 spiro atoms. The van der Waals surface area contributed by atoms with Crippen LogP contribution in [0.25, 0.3) is 0 Å². The molecule has 1 aliphatic rings. The Bertz CT molecular complexity index is 847. The molecular formula is C21H22F2N2O3. The first kappa shape index (κ1) is 19.8. The van der Waals surface area contributed by atoms with Gasteiger partial charge in [0.1, 0.15) is 5.75 Å². The van der Waals surface area contributed by atoms with Gasteiger partial charge in [0.15, 0.2) is 11.6 Å². The van der Waals surface area contributed by atoms with Gasteiger partial charge in [-0.25, -0.2) is 8.78 Å². The molecular weight excluding hydrogens is 366 g/mol. The highest BCUT2D eigenvalue weighted by molar-refractivity contribution is 5.94. The highest BCUT2D eigenvalue weighted by atomic mass is 19.2. The van der Waals surface area contributed by atoms with Gasteiger partial charge < -0.3 is 14.5 Å². The first-order chi connectivity index (χ1) is 13.5. The molecule has 0 aromatic heterocycles. The standard InChI is InChI=1S/C21H22F2N2O3/c1-28-17-6-2-15(3-7-17)4-9-20(26)24-10-12-25(13-11-24)21(27)16-5-8-18(22)19(23)14-16/h2-3,5-8,14H,4,9-13H2,1H3. The van der Waals surface area contributed by atoms with Crippen LogP contribution in [0.3, 0.4) is 0 Å². The number of halogens is 2. The van der Waals surface area contributed by atoms with E-state index in [1.165, 1.54) is 6.07 Å². The third-order valence-electron chi connectivity index (χ3n) is 4.87. The van der Waals surface area contributed by atoms with Crippen molar-refractivity contribution in [2.75, 3.05) is 33.3 Å². The summed E-state index contributed by atoms with van der Waals surface area (Å²) in [5, 5.41) is 0. The number of benzene rings is 2. The maximum Gasteiger partial charge on any atom is 0.254 e. The van der Waals surface area contributed by atoms with Gasteiger partial charge in [0.25, 0.3) is 5.91 Å². The van der Waals surface area contributed by atoms with Crippen LogP contribution in [0.2, 0.25) is 0 Å². The van der Waals surface area contributed by atoms with E-state index in [0.717, 1.165) is 23.4 Å². The predicted octanol–water partition coefficient (Wildman–Crippen LogP) is 2.89. The minimum absolute atomic E-state index is 0.0377. The van der Waals surface area contributed by atoms with E-state index in [4.69, 9.17) is 4.74 Å². The lowest BCUT2D eigenvalue weighted by Crippen LogP contribution is -2.50. The van der Waals surface area contributed by atoms with Crippen molar-refractivity contribution >= 4 is 11.8 Å². The molecule has 7 heteroatoms. The fourth-order valence-corrected chi connectivity index (χ4v) is 3.17. The molecule has 0 unspecified atom stereocenters. The number of ether oxygens (including phenoxy) is 1. The monoisotopic (exact) mass is 388 g/mol. The fraction of sp³-hybridized carbons (Fsp3) is 0.333. The molecule has 1 saturated heterocycles. The summed E-state index contributed by atoms with van der Waals surface area (Å²) in [7, 11) is 1.61. The Kier molecular flexibility index (Phi) is 6.23. The van der Waals surface area contributed by atoms with Gasteiger partial charge in [0, 0.05) is 38.2 Å². The van der Waals surface area contributed by atoms with Crippen LogP contribution in [0, 0.1) is 11.6 Å². The molecule has 0 aliphatic carbocycles. The summed E-state index contributed by atoms with van der Waals surface area (Å²) in [6, 6.07) is 10.7. The van der Waals surface area contributed by atoms with Crippen molar-refractivity contribution in [3.8, 4) is 5.75 Å². The van der Waals surface area contributed by atoms with E-state index in [-0.39, 0.29) is 17.4 Å². The number of hydrogen-bond donors (Lipinski definition) is 0. The third-order valence-corrected chi connectivity index (χ3v) is 4.87. The topological polar surface area (TPSA) is 49.9 Å². The number of hydrogen-bond acceptors (Lipinski definition) is 3. The van der Waals surface area contributed by atoms with Gasteiger partial charge in [-0.3, -0.25) is 9.59 Å². The Morgan fingerprint density at radius 2 is 1.57 bits per heavy atom. The van der Waals surface area contributed by atoms with Crippen LogP contribution in [-0.4, -0.2) is 54.9 Å². The van der Waals surface area contributed by atoms with Crippen LogP contribution in [0.4, 0.5) is 8.78 Å². The van der Waals surface area contributed by atoms with Gasteiger partial charge in [-0.05, 0) is 42.3 Å². The van der Waals surface area contributed by atoms with Crippen molar-refractivity contribution < 1.29 is 23.1 Å². The molecule has 28 heavy (non-hydrogen) atoms. The van der Waals surface area contributed by atoms with Crippen LogP contribution < -0.4 is 4.74 Å². The van der Waals surface area contributed by atoms with E-state index in [0.29, 0.717) is 39.0 Å². The second-order valence-electron chi connectivity index (χ2n) is 6.65. The number of amides is 2. The molecule has 0 saturated carbocycles. The molecule has 1 heterocycles. The molecule has 0 radical (unpaired) electrons. The van der Waals surface area contributed by atoms with Gasteiger partial charge in [0.2, 0.25) is 5.91 Å². The molecule has 1 fully saturated rings. The van der Waals surface area contributed by atoms with E-state index < -0.39 is 11.6 Å². The zero-order valence-corrected chi connectivity index (χ0v) is 15.7. The molecule has 0 bridgehead atoms. The molecule has 2 aromatic rings. The number of rotatable bonds is 5. The number of nitrogens with zero attached hydrogens (tertiary/aromatic N) is 2. The number of carbonyl (C=O) groups is 2. The Balaban J connectivity index is 1.49. The quantitative estimate of drug-likeness (QED) is 0.792. The summed E-state index contributed by atoms with van der Waals surface area (Å²) in [6.07, 6.45) is 1.03. The van der Waals surface area contributed by atoms with E-state index in [1.807, 2.05) is 24.3 Å². The van der Waals surface area contributed by atoms with Crippen molar-refractivity contribution in [3.05, 3.63) is 65.2 Å². The predicted molar refractivity (Wildman–Crippen MR) is 100 cm³/mol. The second kappa shape index (κ2) is 8.82. The zero-order chi connectivity index (χ0) is 20.1. The number of methoxy groups -OCH3 is 1. The van der Waals surface area contributed by atoms with Crippen molar-refractivity contribution in [3.63, 3.8) is 0 Å². The van der Waals surface area contributed by atoms with Gasteiger partial charge in [-0.2, -0.15) is 0 Å². The average Bonchev–Trinajstić information content (AvgIpc) is 2.74. The van der Waals surface area contributed by atoms with Crippen LogP contribution in [0.1, 0.15) is 22.3 Å². The van der Waals surface area contributed by atoms with Gasteiger partial charge in [-0.1, -0.05) is 12.1 Å². The summed E-state index contributed by atoms with van der Waals surface area (Å²) in [5.41, 5.74) is 1.17. The second-order valence-corrected chi connectivity index (χ2v) is 6.65. The van der Waals surface area contributed by atoms with E-state index >= 15 is 0 Å². The summed E-state index contributed by atoms with van der Waals surface area (Å²) >= 11 is 0. The molecule has 0 atom stereocenters. The molecule has 0 N–H and O–H groups in total. The van der Waals surface area contributed by atoms with Crippen LogP contribution in [-0.2, 0) is 11.2 Å². The van der Waals surface area contributed by atoms with Crippen molar-refractivity contribution in [1.82, 2.24) is 9.80 Å². The maximum atomic E-state index is 13.3. The molecule has 2 aromatic carbocycles. The van der Waals surface area contributed by atoms with E-state index in [2.05, 4.69) is 0 Å². The Morgan fingerprint density at radius 3 is 2.18 bits per heavy atom. The van der Waals surface area contributed by atoms with Crippen molar-refractivity contribution in [1.29, 1.82) is 0 Å². The Labute approximate surface area is 162 Å². The lowest BCUT2D eigenvalue weighted by atomic mass is 10.1. The highest BCUT2D eigenvalue weighted by Crippen LogP contribution is 2.15. The smallest absolute Gasteiger partial charge is 0.254 e. The maximum absolute atomic E-state index is 13.3. The van der Waals surface area contributed by atoms with Crippen molar-refractivity contribution in [2.24, 2.45) is 0 Å². The number of aryl methyl sites for hydroxylation is 1. The summed E-state index contributed by atoms with van der Waals surface area (Å²) in [6.45, 7) is 1.59. The molecule has 3 rings (SSSR count). The minimum Gasteiger partial charge on any atom is -0.497 e. The zero-order valence-electron chi connectivity index (χ0n) is 15.7. The fourth-order valence-electron chi connectivity index (χ4n) is 3.17. The molecule has 5 nitrogen and oxygen atoms in total. The summed E-state index contributed by atoms with van der Waals surface area (Å²) in [5.74, 6) is -1.57. The van der Waals surface area contributed by atoms with E-state index in [9.17, 15) is 18.4 Å². The van der Waals surface area contributed by atoms with Gasteiger partial charge in [0.05, 0.1) is 7.11 Å². The van der Waals surface area contributed by atoms with Gasteiger partial charge in [-0.15, -0.1) is 0 Å². The largest absolute Gasteiger partial charge is 0.497 e. The van der Waals surface area contributed by atoms with Crippen molar-refractivity contribution in [2.45, 2.75) is 12.8 Å². The Morgan fingerprint density at radius 1 is 0.929 bits per heavy atom. The first-order valence-corrected chi connectivity index (χ1v) is 9.13. The summed E-state index contributed by atoms with van der Waals surface area (Å²) in [4.78, 5) is 28.1. The lowest BCUT2D eigenvalue weighted by molar-refractivity contribution is -0.132. The average molecular weight is 388 g/mol. The number of piperazine rings is 1. The highest BCUT2D eigenvalue weighted by Gasteiger charge is 2.25. The lowest BCUT2D eigenvalue weighted by Gasteiger charge is -2.35. The minimum atomic E-state index is -1.04. The van der Waals surface area contributed by atoms with E-state index in [1.54, 1.807) is 16.9 Å². The summed E-state index contributed by atoms with van der Waals surface area (Å²) < 4.78 is 31.5.